The number of benzene rings is 2. The summed E-state index contributed by atoms with van der Waals surface area (Å²) in [4.78, 5) is 13.3. The summed E-state index contributed by atoms with van der Waals surface area (Å²) in [6, 6.07) is 8.71. The molecule has 26 heavy (non-hydrogen) atoms. The number of para-hydroxylation sites is 1. The van der Waals surface area contributed by atoms with Gasteiger partial charge in [0.2, 0.25) is 0 Å². The summed E-state index contributed by atoms with van der Waals surface area (Å²) in [5, 5.41) is 3.73. The summed E-state index contributed by atoms with van der Waals surface area (Å²) >= 11 is 18.1. The highest BCUT2D eigenvalue weighted by molar-refractivity contribution is 6.42. The number of anilines is 1. The molecular weight excluding hydrogens is 399 g/mol. The van der Waals surface area contributed by atoms with Gasteiger partial charge < -0.3 is 19.7 Å². The van der Waals surface area contributed by atoms with E-state index < -0.39 is 0 Å². The minimum atomic E-state index is -0.213. The molecule has 1 amide bonds. The fraction of sp³-hybridized carbons (Fsp3) is 0.278. The number of carbonyl (C=O) groups excluding carboxylic acids is 1. The smallest absolute Gasteiger partial charge is 0.279 e. The predicted octanol–water partition coefficient (Wildman–Crippen LogP) is 3.32. The summed E-state index contributed by atoms with van der Waals surface area (Å²) in [7, 11) is 5.09. The predicted molar refractivity (Wildman–Crippen MR) is 105 cm³/mol. The van der Waals surface area contributed by atoms with E-state index >= 15 is 0 Å². The van der Waals surface area contributed by atoms with Gasteiger partial charge in [0.15, 0.2) is 18.0 Å². The van der Waals surface area contributed by atoms with Gasteiger partial charge in [-0.2, -0.15) is 0 Å². The summed E-state index contributed by atoms with van der Waals surface area (Å²) in [6.07, 6.45) is 0. The Kier molecular flexibility index (Phi) is 7.41. The highest BCUT2D eigenvalue weighted by Crippen LogP contribution is 2.33. The van der Waals surface area contributed by atoms with E-state index in [1.54, 1.807) is 14.2 Å². The first kappa shape index (κ1) is 20.6. The van der Waals surface area contributed by atoms with E-state index in [1.165, 1.54) is 12.1 Å². The number of amides is 1. The number of likely N-dealkylation sites (N-methyl/N-ethyl adjacent to an activating group) is 1. The Morgan fingerprint density at radius 2 is 1.77 bits per heavy atom. The van der Waals surface area contributed by atoms with Crippen LogP contribution < -0.4 is 19.7 Å². The van der Waals surface area contributed by atoms with Gasteiger partial charge in [0.05, 0.1) is 42.6 Å². The van der Waals surface area contributed by atoms with Crippen molar-refractivity contribution in [1.82, 2.24) is 0 Å². The Balaban J connectivity index is 2.05. The zero-order valence-electron chi connectivity index (χ0n) is 14.7. The molecule has 0 aliphatic heterocycles. The van der Waals surface area contributed by atoms with Crippen molar-refractivity contribution in [1.29, 1.82) is 0 Å². The highest BCUT2D eigenvalue weighted by Gasteiger charge is 2.18. The largest absolute Gasteiger partial charge is 0.493 e. The first-order chi connectivity index (χ1) is 12.3. The van der Waals surface area contributed by atoms with E-state index in [4.69, 9.17) is 44.3 Å². The van der Waals surface area contributed by atoms with Crippen molar-refractivity contribution in [2.45, 2.75) is 6.54 Å². The summed E-state index contributed by atoms with van der Waals surface area (Å²) in [5.41, 5.74) is 1.30. The van der Waals surface area contributed by atoms with Gasteiger partial charge in [0, 0.05) is 5.02 Å². The molecule has 0 aromatic heterocycles. The van der Waals surface area contributed by atoms with Gasteiger partial charge in [-0.3, -0.25) is 4.79 Å². The number of methoxy groups -OCH3 is 2. The number of rotatable bonds is 7. The highest BCUT2D eigenvalue weighted by atomic mass is 35.5. The minimum absolute atomic E-state index is 0.213. The van der Waals surface area contributed by atoms with Crippen LogP contribution in [0.5, 0.6) is 11.5 Å². The molecule has 2 N–H and O–H groups in total. The van der Waals surface area contributed by atoms with Gasteiger partial charge in [0.1, 0.15) is 6.54 Å². The van der Waals surface area contributed by atoms with E-state index in [0.29, 0.717) is 38.8 Å². The molecule has 0 aliphatic rings. The van der Waals surface area contributed by atoms with Crippen molar-refractivity contribution >= 4 is 46.4 Å². The Morgan fingerprint density at radius 3 is 2.35 bits per heavy atom. The molecule has 0 bridgehead atoms. The van der Waals surface area contributed by atoms with Crippen molar-refractivity contribution in [2.75, 3.05) is 33.1 Å². The second-order valence-corrected chi connectivity index (χ2v) is 7.01. The molecule has 1 unspecified atom stereocenters. The number of ether oxygens (including phenoxy) is 2. The van der Waals surface area contributed by atoms with E-state index in [9.17, 15) is 4.79 Å². The van der Waals surface area contributed by atoms with Crippen LogP contribution in [0.2, 0.25) is 15.1 Å². The van der Waals surface area contributed by atoms with Gasteiger partial charge in [-0.05, 0) is 24.3 Å². The van der Waals surface area contributed by atoms with E-state index in [-0.39, 0.29) is 12.5 Å². The second-order valence-electron chi connectivity index (χ2n) is 5.76. The molecule has 2 aromatic rings. The standard InChI is InChI=1S/C18H19Cl3N2O3/c1-23(9-11-5-4-6-15(25-2)18(11)26-3)10-16(24)22-17-13(20)7-12(19)8-14(17)21/h4-8H,9-10H2,1-3H3,(H,22,24)/p+1. The third-order valence-electron chi connectivity index (χ3n) is 3.71. The van der Waals surface area contributed by atoms with Crippen molar-refractivity contribution in [3.8, 4) is 11.5 Å². The van der Waals surface area contributed by atoms with E-state index in [1.807, 2.05) is 25.2 Å². The first-order valence-electron chi connectivity index (χ1n) is 7.81. The SMILES string of the molecule is COc1cccc(C[NH+](C)CC(=O)Nc2c(Cl)cc(Cl)cc2Cl)c1OC. The monoisotopic (exact) mass is 417 g/mol. The fourth-order valence-electron chi connectivity index (χ4n) is 2.60. The molecule has 2 rings (SSSR count). The summed E-state index contributed by atoms with van der Waals surface area (Å²) in [5.74, 6) is 1.11. The number of hydrogen-bond donors (Lipinski definition) is 2. The number of hydrogen-bond acceptors (Lipinski definition) is 3. The molecule has 0 spiro atoms. The molecule has 0 radical (unpaired) electrons. The Labute approximate surface area is 167 Å². The van der Waals surface area contributed by atoms with Gasteiger partial charge >= 0.3 is 0 Å². The average molecular weight is 419 g/mol. The van der Waals surface area contributed by atoms with Crippen molar-refractivity contribution < 1.29 is 19.2 Å². The van der Waals surface area contributed by atoms with E-state index in [0.717, 1.165) is 10.5 Å². The van der Waals surface area contributed by atoms with Gasteiger partial charge in [-0.15, -0.1) is 0 Å². The van der Waals surface area contributed by atoms with Crippen LogP contribution in [0.3, 0.4) is 0 Å². The van der Waals surface area contributed by atoms with Crippen LogP contribution in [0.1, 0.15) is 5.56 Å². The number of quaternary nitrogens is 1. The summed E-state index contributed by atoms with van der Waals surface area (Å²) < 4.78 is 10.7. The molecule has 0 saturated carbocycles. The van der Waals surface area contributed by atoms with Crippen LogP contribution in [0, 0.1) is 0 Å². The molecule has 140 valence electrons. The summed E-state index contributed by atoms with van der Waals surface area (Å²) in [6.45, 7) is 0.797. The van der Waals surface area contributed by atoms with Crippen LogP contribution in [-0.4, -0.2) is 33.7 Å². The quantitative estimate of drug-likeness (QED) is 0.725. The third-order valence-corrected chi connectivity index (χ3v) is 4.52. The Hall–Kier alpha value is -1.66. The van der Waals surface area contributed by atoms with Crippen molar-refractivity contribution in [3.63, 3.8) is 0 Å². The lowest BCUT2D eigenvalue weighted by Crippen LogP contribution is -3.08. The normalized spacial score (nSPS) is 11.8. The number of halogens is 3. The topological polar surface area (TPSA) is 52.0 Å². The van der Waals surface area contributed by atoms with Gasteiger partial charge in [-0.25, -0.2) is 0 Å². The molecule has 5 nitrogen and oxygen atoms in total. The molecule has 2 aromatic carbocycles. The van der Waals surface area contributed by atoms with Crippen LogP contribution in [0.4, 0.5) is 5.69 Å². The molecular formula is C18H20Cl3N2O3+. The van der Waals surface area contributed by atoms with Crippen LogP contribution in [-0.2, 0) is 11.3 Å². The maximum Gasteiger partial charge on any atom is 0.279 e. The Morgan fingerprint density at radius 1 is 1.12 bits per heavy atom. The molecule has 0 heterocycles. The molecule has 0 saturated heterocycles. The van der Waals surface area contributed by atoms with Crippen molar-refractivity contribution in [2.24, 2.45) is 0 Å². The molecule has 0 fully saturated rings. The average Bonchev–Trinajstić information content (AvgIpc) is 2.57. The zero-order valence-corrected chi connectivity index (χ0v) is 16.9. The van der Waals surface area contributed by atoms with Crippen LogP contribution >= 0.6 is 34.8 Å². The fourth-order valence-corrected chi connectivity index (χ4v) is 3.51. The lowest BCUT2D eigenvalue weighted by atomic mass is 10.1. The molecule has 8 heteroatoms. The zero-order chi connectivity index (χ0) is 19.3. The maximum atomic E-state index is 12.3. The third kappa shape index (κ3) is 5.17. The minimum Gasteiger partial charge on any atom is -0.493 e. The van der Waals surface area contributed by atoms with Crippen LogP contribution in [0.15, 0.2) is 30.3 Å². The first-order valence-corrected chi connectivity index (χ1v) is 8.94. The number of nitrogens with one attached hydrogen (secondary N) is 2. The van der Waals surface area contributed by atoms with Crippen molar-refractivity contribution in [3.05, 3.63) is 51.0 Å². The lowest BCUT2D eigenvalue weighted by Gasteiger charge is -2.17. The second kappa shape index (κ2) is 9.33. The number of carbonyl (C=O) groups is 1. The lowest BCUT2D eigenvalue weighted by molar-refractivity contribution is -0.885. The maximum absolute atomic E-state index is 12.3. The van der Waals surface area contributed by atoms with E-state index in [2.05, 4.69) is 5.32 Å². The van der Waals surface area contributed by atoms with Gasteiger partial charge in [0.25, 0.3) is 5.91 Å². The van der Waals surface area contributed by atoms with Gasteiger partial charge in [-0.1, -0.05) is 40.9 Å². The Bertz CT molecular complexity index is 776. The molecule has 1 atom stereocenters. The van der Waals surface area contributed by atoms with Crippen LogP contribution in [0.25, 0.3) is 0 Å². The molecule has 0 aliphatic carbocycles.